The normalized spacial score (nSPS) is 11.8. The Bertz CT molecular complexity index is 490. The Balaban J connectivity index is 2.52. The number of alkyl halides is 3. The molecular formula is C10H5F4NS. The highest BCUT2D eigenvalue weighted by atomic mass is 32.1. The summed E-state index contributed by atoms with van der Waals surface area (Å²) in [7, 11) is 0. The summed E-state index contributed by atoms with van der Waals surface area (Å²) in [6.45, 7) is 0. The second-order valence-electron chi connectivity index (χ2n) is 3.07. The molecule has 0 fully saturated rings. The fraction of sp³-hybridized carbons (Fsp3) is 0.100. The molecule has 6 heteroatoms. The summed E-state index contributed by atoms with van der Waals surface area (Å²) in [5.74, 6) is -1.27. The van der Waals surface area contributed by atoms with E-state index in [1.807, 2.05) is 0 Å². The summed E-state index contributed by atoms with van der Waals surface area (Å²) in [6, 6.07) is 2.85. The van der Waals surface area contributed by atoms with Crippen molar-refractivity contribution in [1.29, 1.82) is 0 Å². The van der Waals surface area contributed by atoms with Crippen LogP contribution >= 0.6 is 11.3 Å². The predicted octanol–water partition coefficient (Wildman–Crippen LogP) is 3.97. The summed E-state index contributed by atoms with van der Waals surface area (Å²) < 4.78 is 50.2. The largest absolute Gasteiger partial charge is 0.419 e. The molecule has 0 atom stereocenters. The Morgan fingerprint density at radius 3 is 2.50 bits per heavy atom. The van der Waals surface area contributed by atoms with Gasteiger partial charge in [-0.05, 0) is 18.2 Å². The molecule has 1 aromatic carbocycles. The van der Waals surface area contributed by atoms with E-state index in [-0.39, 0.29) is 5.56 Å². The number of benzene rings is 1. The molecule has 2 aromatic rings. The van der Waals surface area contributed by atoms with Crippen molar-refractivity contribution in [3.05, 3.63) is 40.5 Å². The molecule has 0 aliphatic carbocycles. The predicted molar refractivity (Wildman–Crippen MR) is 52.5 cm³/mol. The van der Waals surface area contributed by atoms with Gasteiger partial charge in [-0.25, -0.2) is 9.37 Å². The van der Waals surface area contributed by atoms with Gasteiger partial charge in [0.1, 0.15) is 5.82 Å². The molecule has 1 nitrogen and oxygen atoms in total. The number of halogens is 4. The van der Waals surface area contributed by atoms with Crippen molar-refractivity contribution in [3.63, 3.8) is 0 Å². The van der Waals surface area contributed by atoms with E-state index >= 15 is 0 Å². The molecule has 0 spiro atoms. The van der Waals surface area contributed by atoms with Gasteiger partial charge in [-0.1, -0.05) is 0 Å². The van der Waals surface area contributed by atoms with Gasteiger partial charge in [0.2, 0.25) is 0 Å². The molecule has 16 heavy (non-hydrogen) atoms. The van der Waals surface area contributed by atoms with Crippen molar-refractivity contribution in [2.75, 3.05) is 0 Å². The molecule has 1 heterocycles. The first kappa shape index (κ1) is 11.1. The van der Waals surface area contributed by atoms with Crippen LogP contribution in [0.3, 0.4) is 0 Å². The van der Waals surface area contributed by atoms with Crippen LogP contribution in [0.4, 0.5) is 17.6 Å². The lowest BCUT2D eigenvalue weighted by molar-refractivity contribution is -0.139. The Morgan fingerprint density at radius 2 is 1.94 bits per heavy atom. The second kappa shape index (κ2) is 3.86. The maximum atomic E-state index is 13.0. The lowest BCUT2D eigenvalue weighted by Crippen LogP contribution is -2.08. The van der Waals surface area contributed by atoms with Crippen LogP contribution in [0.1, 0.15) is 5.56 Å². The second-order valence-corrected chi connectivity index (χ2v) is 3.78. The molecule has 1 aromatic heterocycles. The quantitative estimate of drug-likeness (QED) is 0.695. The lowest BCUT2D eigenvalue weighted by atomic mass is 10.1. The van der Waals surface area contributed by atoms with E-state index in [2.05, 4.69) is 4.98 Å². The molecule has 2 rings (SSSR count). The van der Waals surface area contributed by atoms with Crippen molar-refractivity contribution < 1.29 is 17.6 Å². The van der Waals surface area contributed by atoms with Gasteiger partial charge in [0, 0.05) is 10.9 Å². The minimum atomic E-state index is -4.68. The molecular weight excluding hydrogens is 242 g/mol. The summed E-state index contributed by atoms with van der Waals surface area (Å²) in [5.41, 5.74) is 0.912. The number of nitrogens with zero attached hydrogens (tertiary/aromatic N) is 1. The average Bonchev–Trinajstić information content (AvgIpc) is 2.69. The van der Waals surface area contributed by atoms with Gasteiger partial charge < -0.3 is 0 Å². The van der Waals surface area contributed by atoms with Crippen LogP contribution in [0.2, 0.25) is 0 Å². The molecule has 0 N–H and O–H groups in total. The minimum Gasteiger partial charge on any atom is -0.245 e. The zero-order valence-electron chi connectivity index (χ0n) is 7.75. The molecule has 0 radical (unpaired) electrons. The van der Waals surface area contributed by atoms with E-state index in [0.29, 0.717) is 5.69 Å². The molecule has 0 unspecified atom stereocenters. The smallest absolute Gasteiger partial charge is 0.245 e. The molecule has 0 saturated heterocycles. The highest BCUT2D eigenvalue weighted by Gasteiger charge is 2.34. The van der Waals surface area contributed by atoms with E-state index in [9.17, 15) is 17.6 Å². The zero-order chi connectivity index (χ0) is 11.8. The highest BCUT2D eigenvalue weighted by Crippen LogP contribution is 2.34. The first-order valence-electron chi connectivity index (χ1n) is 4.24. The molecule has 0 bridgehead atoms. The third kappa shape index (κ3) is 2.06. The summed E-state index contributed by atoms with van der Waals surface area (Å²) in [6.07, 6.45) is -4.68. The molecule has 0 aliphatic rings. The van der Waals surface area contributed by atoms with Crippen molar-refractivity contribution in [2.24, 2.45) is 0 Å². The number of rotatable bonds is 1. The van der Waals surface area contributed by atoms with Crippen molar-refractivity contribution in [3.8, 4) is 11.3 Å². The van der Waals surface area contributed by atoms with E-state index in [1.165, 1.54) is 22.9 Å². The van der Waals surface area contributed by atoms with Gasteiger partial charge in [0.15, 0.2) is 0 Å². The highest BCUT2D eigenvalue weighted by molar-refractivity contribution is 7.07. The first-order valence-corrected chi connectivity index (χ1v) is 5.18. The van der Waals surface area contributed by atoms with E-state index in [0.717, 1.165) is 12.1 Å². The third-order valence-electron chi connectivity index (χ3n) is 2.00. The standard InChI is InChI=1S/C10H5F4NS/c11-8-2-1-6(9-4-16-5-15-9)3-7(8)10(12,13)14/h1-5H. The average molecular weight is 247 g/mol. The fourth-order valence-corrected chi connectivity index (χ4v) is 1.82. The van der Waals surface area contributed by atoms with Crippen LogP contribution in [0.15, 0.2) is 29.1 Å². The zero-order valence-corrected chi connectivity index (χ0v) is 8.57. The number of hydrogen-bond donors (Lipinski definition) is 0. The molecule has 0 aliphatic heterocycles. The van der Waals surface area contributed by atoms with Crippen LogP contribution < -0.4 is 0 Å². The van der Waals surface area contributed by atoms with Crippen LogP contribution in [0, 0.1) is 5.82 Å². The van der Waals surface area contributed by atoms with E-state index in [1.54, 1.807) is 5.38 Å². The Morgan fingerprint density at radius 1 is 1.19 bits per heavy atom. The minimum absolute atomic E-state index is 0.259. The maximum Gasteiger partial charge on any atom is 0.419 e. The third-order valence-corrected chi connectivity index (χ3v) is 2.59. The van der Waals surface area contributed by atoms with E-state index in [4.69, 9.17) is 0 Å². The van der Waals surface area contributed by atoms with Crippen molar-refractivity contribution >= 4 is 11.3 Å². The lowest BCUT2D eigenvalue weighted by Gasteiger charge is -2.08. The van der Waals surface area contributed by atoms with Crippen molar-refractivity contribution in [1.82, 2.24) is 4.98 Å². The van der Waals surface area contributed by atoms with Gasteiger partial charge >= 0.3 is 6.18 Å². The molecule has 0 amide bonds. The molecule has 84 valence electrons. The van der Waals surface area contributed by atoms with Crippen LogP contribution in [-0.2, 0) is 6.18 Å². The summed E-state index contributed by atoms with van der Waals surface area (Å²) >= 11 is 1.27. The van der Waals surface area contributed by atoms with E-state index < -0.39 is 17.6 Å². The summed E-state index contributed by atoms with van der Waals surface area (Å²) in [4.78, 5) is 3.87. The van der Waals surface area contributed by atoms with Gasteiger partial charge in [0.25, 0.3) is 0 Å². The van der Waals surface area contributed by atoms with Crippen molar-refractivity contribution in [2.45, 2.75) is 6.18 Å². The molecule has 0 saturated carbocycles. The fourth-order valence-electron chi connectivity index (χ4n) is 1.26. The summed E-state index contributed by atoms with van der Waals surface area (Å²) in [5, 5.41) is 1.60. The number of hydrogen-bond acceptors (Lipinski definition) is 2. The SMILES string of the molecule is Fc1ccc(-c2cscn2)cc1C(F)(F)F. The Kier molecular flexibility index (Phi) is 2.67. The topological polar surface area (TPSA) is 12.9 Å². The van der Waals surface area contributed by atoms with Gasteiger partial charge in [-0.2, -0.15) is 13.2 Å². The van der Waals surface area contributed by atoms with Crippen LogP contribution in [-0.4, -0.2) is 4.98 Å². The number of thiazole rings is 1. The monoisotopic (exact) mass is 247 g/mol. The van der Waals surface area contributed by atoms with Gasteiger partial charge in [-0.3, -0.25) is 0 Å². The van der Waals surface area contributed by atoms with Crippen LogP contribution in [0.25, 0.3) is 11.3 Å². The van der Waals surface area contributed by atoms with Crippen LogP contribution in [0.5, 0.6) is 0 Å². The van der Waals surface area contributed by atoms with Gasteiger partial charge in [0.05, 0.1) is 16.8 Å². The van der Waals surface area contributed by atoms with Gasteiger partial charge in [-0.15, -0.1) is 11.3 Å². The first-order chi connectivity index (χ1) is 7.48. The maximum absolute atomic E-state index is 13.0. The Labute approximate surface area is 92.4 Å². The number of aromatic nitrogens is 1. The Hall–Kier alpha value is -1.43.